The summed E-state index contributed by atoms with van der Waals surface area (Å²) in [7, 11) is 1.40. The van der Waals surface area contributed by atoms with Gasteiger partial charge in [-0.15, -0.1) is 0 Å². The van der Waals surface area contributed by atoms with Gasteiger partial charge in [-0.1, -0.05) is 48.9 Å². The van der Waals surface area contributed by atoms with Crippen LogP contribution in [-0.2, 0) is 27.2 Å². The number of ether oxygens (including phenoxy) is 2. The van der Waals surface area contributed by atoms with Gasteiger partial charge in [0.15, 0.2) is 0 Å². The van der Waals surface area contributed by atoms with Crippen LogP contribution in [0.15, 0.2) is 54.6 Å². The highest BCUT2D eigenvalue weighted by atomic mass is 16.5. The number of hydrogen-bond acceptors (Lipinski definition) is 5. The Bertz CT molecular complexity index is 782. The molecule has 1 N–H and O–H groups in total. The fourth-order valence-electron chi connectivity index (χ4n) is 3.63. The van der Waals surface area contributed by atoms with Gasteiger partial charge in [0.05, 0.1) is 12.7 Å². The first-order valence-electron chi connectivity index (χ1n) is 10.3. The van der Waals surface area contributed by atoms with Crippen LogP contribution in [0, 0.1) is 0 Å². The molecule has 0 amide bonds. The third-order valence-electron chi connectivity index (χ3n) is 5.34. The van der Waals surface area contributed by atoms with Crippen molar-refractivity contribution in [1.82, 2.24) is 5.32 Å². The lowest BCUT2D eigenvalue weighted by atomic mass is 9.98. The number of benzene rings is 2. The molecule has 154 valence electrons. The number of nitrogens with one attached hydrogen (secondary N) is 1. The van der Waals surface area contributed by atoms with E-state index < -0.39 is 6.04 Å². The fourth-order valence-corrected chi connectivity index (χ4v) is 3.63. The maximum atomic E-state index is 12.3. The molecular weight excluding hydrogens is 366 g/mol. The number of hydrogen-bond donors (Lipinski definition) is 1. The molecule has 1 aliphatic rings. The van der Waals surface area contributed by atoms with Crippen molar-refractivity contribution in [3.05, 3.63) is 71.3 Å². The summed E-state index contributed by atoms with van der Waals surface area (Å²) in [5.74, 6) is -0.547. The van der Waals surface area contributed by atoms with Gasteiger partial charge in [-0.3, -0.25) is 4.79 Å². The van der Waals surface area contributed by atoms with Gasteiger partial charge in [-0.25, -0.2) is 4.79 Å². The SMILES string of the molecule is COC(=O)[C@@H](Cc1ccccc1)NCc1ccc(C(=O)OC2CCCCC2)cc1. The summed E-state index contributed by atoms with van der Waals surface area (Å²) < 4.78 is 10.5. The predicted molar refractivity (Wildman–Crippen MR) is 112 cm³/mol. The molecule has 3 rings (SSSR count). The second kappa shape index (κ2) is 10.8. The minimum Gasteiger partial charge on any atom is -0.468 e. The molecule has 5 nitrogen and oxygen atoms in total. The number of carbonyl (C=O) groups excluding carboxylic acids is 2. The first-order chi connectivity index (χ1) is 14.2. The summed E-state index contributed by atoms with van der Waals surface area (Å²) >= 11 is 0. The van der Waals surface area contributed by atoms with Crippen LogP contribution >= 0.6 is 0 Å². The predicted octanol–water partition coefficient (Wildman–Crippen LogP) is 4.05. The smallest absolute Gasteiger partial charge is 0.338 e. The largest absolute Gasteiger partial charge is 0.468 e. The van der Waals surface area contributed by atoms with E-state index >= 15 is 0 Å². The zero-order valence-electron chi connectivity index (χ0n) is 16.9. The molecule has 1 aliphatic carbocycles. The highest BCUT2D eigenvalue weighted by molar-refractivity contribution is 5.89. The quantitative estimate of drug-likeness (QED) is 0.683. The van der Waals surface area contributed by atoms with Crippen LogP contribution < -0.4 is 5.32 Å². The van der Waals surface area contributed by atoms with E-state index in [1.54, 1.807) is 12.1 Å². The van der Waals surface area contributed by atoms with Crippen LogP contribution in [0.1, 0.15) is 53.6 Å². The van der Waals surface area contributed by atoms with Crippen LogP contribution in [0.2, 0.25) is 0 Å². The van der Waals surface area contributed by atoms with Crippen molar-refractivity contribution in [3.63, 3.8) is 0 Å². The summed E-state index contributed by atoms with van der Waals surface area (Å²) in [5, 5.41) is 3.26. The van der Waals surface area contributed by atoms with E-state index in [0.29, 0.717) is 18.5 Å². The van der Waals surface area contributed by atoms with Crippen molar-refractivity contribution < 1.29 is 19.1 Å². The van der Waals surface area contributed by atoms with Gasteiger partial charge in [0.1, 0.15) is 12.1 Å². The van der Waals surface area contributed by atoms with Gasteiger partial charge >= 0.3 is 11.9 Å². The molecule has 1 saturated carbocycles. The lowest BCUT2D eigenvalue weighted by Gasteiger charge is -2.21. The lowest BCUT2D eigenvalue weighted by molar-refractivity contribution is -0.143. The van der Waals surface area contributed by atoms with Crippen molar-refractivity contribution in [2.45, 2.75) is 57.2 Å². The molecule has 0 saturated heterocycles. The molecule has 0 radical (unpaired) electrons. The summed E-state index contributed by atoms with van der Waals surface area (Å²) in [4.78, 5) is 24.4. The van der Waals surface area contributed by atoms with Gasteiger partial charge in [0.2, 0.25) is 0 Å². The highest BCUT2D eigenvalue weighted by Gasteiger charge is 2.20. The number of methoxy groups -OCH3 is 1. The first-order valence-corrected chi connectivity index (χ1v) is 10.3. The zero-order chi connectivity index (χ0) is 20.5. The van der Waals surface area contributed by atoms with E-state index in [9.17, 15) is 9.59 Å². The number of rotatable bonds is 8. The van der Waals surface area contributed by atoms with Crippen molar-refractivity contribution >= 4 is 11.9 Å². The molecule has 29 heavy (non-hydrogen) atoms. The molecule has 0 bridgehead atoms. The summed E-state index contributed by atoms with van der Waals surface area (Å²) in [6.45, 7) is 0.505. The van der Waals surface area contributed by atoms with E-state index in [0.717, 1.165) is 36.8 Å². The molecular formula is C24H29NO4. The molecule has 2 aromatic rings. The monoisotopic (exact) mass is 395 g/mol. The van der Waals surface area contributed by atoms with Crippen molar-refractivity contribution in [1.29, 1.82) is 0 Å². The van der Waals surface area contributed by atoms with Crippen LogP contribution in [0.3, 0.4) is 0 Å². The fraction of sp³-hybridized carbons (Fsp3) is 0.417. The molecule has 0 aromatic heterocycles. The Kier molecular flexibility index (Phi) is 7.82. The third kappa shape index (κ3) is 6.43. The molecule has 0 spiro atoms. The number of carbonyl (C=O) groups is 2. The van der Waals surface area contributed by atoms with Gasteiger partial charge in [0.25, 0.3) is 0 Å². The molecule has 1 fully saturated rings. The Morgan fingerprint density at radius 3 is 2.31 bits per heavy atom. The molecule has 5 heteroatoms. The van der Waals surface area contributed by atoms with Crippen molar-refractivity contribution in [2.24, 2.45) is 0 Å². The summed E-state index contributed by atoms with van der Waals surface area (Å²) in [6.07, 6.45) is 6.02. The third-order valence-corrected chi connectivity index (χ3v) is 5.34. The highest BCUT2D eigenvalue weighted by Crippen LogP contribution is 2.21. The number of esters is 2. The topological polar surface area (TPSA) is 64.6 Å². The maximum Gasteiger partial charge on any atom is 0.338 e. The van der Waals surface area contributed by atoms with Crippen molar-refractivity contribution in [3.8, 4) is 0 Å². The van der Waals surface area contributed by atoms with Gasteiger partial charge < -0.3 is 14.8 Å². The van der Waals surface area contributed by atoms with Gasteiger partial charge in [-0.05, 0) is 55.4 Å². The lowest BCUT2D eigenvalue weighted by Crippen LogP contribution is -2.39. The Balaban J connectivity index is 1.54. The Morgan fingerprint density at radius 1 is 0.966 bits per heavy atom. The van der Waals surface area contributed by atoms with E-state index in [-0.39, 0.29) is 18.0 Å². The first kappa shape index (κ1) is 21.1. The summed E-state index contributed by atoms with van der Waals surface area (Å²) in [5.41, 5.74) is 2.62. The average molecular weight is 395 g/mol. The van der Waals surface area contributed by atoms with Crippen LogP contribution in [0.25, 0.3) is 0 Å². The van der Waals surface area contributed by atoms with Crippen molar-refractivity contribution in [2.75, 3.05) is 7.11 Å². The normalized spacial score (nSPS) is 15.5. The average Bonchev–Trinajstić information content (AvgIpc) is 2.77. The van der Waals surface area contributed by atoms with E-state index in [4.69, 9.17) is 9.47 Å². The molecule has 0 heterocycles. The minimum atomic E-state index is -0.432. The molecule has 0 unspecified atom stereocenters. The summed E-state index contributed by atoms with van der Waals surface area (Å²) in [6, 6.07) is 16.8. The van der Waals surface area contributed by atoms with Gasteiger partial charge in [0, 0.05) is 6.54 Å². The second-order valence-electron chi connectivity index (χ2n) is 7.51. The van der Waals surface area contributed by atoms with E-state index in [2.05, 4.69) is 5.32 Å². The molecule has 2 aromatic carbocycles. The Morgan fingerprint density at radius 2 is 1.66 bits per heavy atom. The second-order valence-corrected chi connectivity index (χ2v) is 7.51. The molecule has 1 atom stereocenters. The maximum absolute atomic E-state index is 12.3. The minimum absolute atomic E-state index is 0.0522. The van der Waals surface area contributed by atoms with Crippen LogP contribution in [0.5, 0.6) is 0 Å². The Hall–Kier alpha value is -2.66. The van der Waals surface area contributed by atoms with E-state index in [1.807, 2.05) is 42.5 Å². The van der Waals surface area contributed by atoms with Crippen LogP contribution in [0.4, 0.5) is 0 Å². The molecule has 0 aliphatic heterocycles. The Labute approximate surface area is 172 Å². The van der Waals surface area contributed by atoms with Crippen LogP contribution in [-0.4, -0.2) is 31.2 Å². The zero-order valence-corrected chi connectivity index (χ0v) is 16.9. The van der Waals surface area contributed by atoms with Gasteiger partial charge in [-0.2, -0.15) is 0 Å². The van der Waals surface area contributed by atoms with E-state index in [1.165, 1.54) is 13.5 Å². The standard InChI is InChI=1S/C24H29NO4/c1-28-24(27)22(16-18-8-4-2-5-9-18)25-17-19-12-14-20(15-13-19)23(26)29-21-10-6-3-7-11-21/h2,4-5,8-9,12-15,21-22,25H,3,6-7,10-11,16-17H2,1H3/t22-/m1/s1.